The van der Waals surface area contributed by atoms with Crippen molar-refractivity contribution in [2.75, 3.05) is 0 Å². The van der Waals surface area contributed by atoms with Crippen molar-refractivity contribution in [2.24, 2.45) is 62.4 Å². The fourth-order valence-electron chi connectivity index (χ4n) is 12.0. The van der Waals surface area contributed by atoms with Gasteiger partial charge >= 0.3 is 5.97 Å². The number of hydrogen-bond acceptors (Lipinski definition) is 5. The van der Waals surface area contributed by atoms with Crippen LogP contribution in [0.3, 0.4) is 0 Å². The van der Waals surface area contributed by atoms with Gasteiger partial charge < -0.3 is 15.3 Å². The highest BCUT2D eigenvalue weighted by molar-refractivity contribution is 7.12. The lowest BCUT2D eigenvalue weighted by Gasteiger charge is -2.69. The molecule has 1 aromatic rings. The Hall–Kier alpha value is -2.13. The summed E-state index contributed by atoms with van der Waals surface area (Å²) in [6.07, 6.45) is 14.3. The van der Waals surface area contributed by atoms with Crippen molar-refractivity contribution >= 4 is 29.4 Å². The van der Waals surface area contributed by atoms with Gasteiger partial charge in [0.05, 0.1) is 11.3 Å². The van der Waals surface area contributed by atoms with E-state index < -0.39 is 5.41 Å². The van der Waals surface area contributed by atoms with Gasteiger partial charge in [0.1, 0.15) is 18.2 Å². The average molecular weight is 619 g/mol. The van der Waals surface area contributed by atoms with Gasteiger partial charge in [-0.3, -0.25) is 10.2 Å². The summed E-state index contributed by atoms with van der Waals surface area (Å²) < 4.78 is 6.19. The van der Waals surface area contributed by atoms with Crippen LogP contribution in [0, 0.1) is 73.9 Å². The van der Waals surface area contributed by atoms with Gasteiger partial charge in [-0.15, -0.1) is 11.3 Å². The van der Waals surface area contributed by atoms with Crippen molar-refractivity contribution in [1.29, 1.82) is 5.41 Å². The summed E-state index contributed by atoms with van der Waals surface area (Å²) in [6, 6.07) is 2.04. The Kier molecular flexibility index (Phi) is 7.96. The highest BCUT2D eigenvalue weighted by Crippen LogP contribution is 2.73. The van der Waals surface area contributed by atoms with E-state index in [0.29, 0.717) is 23.2 Å². The van der Waals surface area contributed by atoms with Crippen LogP contribution in [-0.2, 0) is 14.3 Å². The van der Waals surface area contributed by atoms with E-state index in [9.17, 15) is 9.59 Å². The van der Waals surface area contributed by atoms with Crippen LogP contribution in [0.5, 0.6) is 0 Å². The van der Waals surface area contributed by atoms with E-state index in [1.165, 1.54) is 69.1 Å². The monoisotopic (exact) mass is 618 g/mol. The van der Waals surface area contributed by atoms with Crippen molar-refractivity contribution in [1.82, 2.24) is 0 Å². The number of esters is 1. The first-order valence-corrected chi connectivity index (χ1v) is 18.2. The van der Waals surface area contributed by atoms with E-state index in [2.05, 4.69) is 39.5 Å². The minimum absolute atomic E-state index is 0.0877. The van der Waals surface area contributed by atoms with Crippen molar-refractivity contribution in [2.45, 2.75) is 125 Å². The summed E-state index contributed by atoms with van der Waals surface area (Å²) in [7, 11) is 0. The molecule has 0 aromatic carbocycles. The van der Waals surface area contributed by atoms with Crippen LogP contribution in [-0.4, -0.2) is 24.2 Å². The molecule has 6 heteroatoms. The molecule has 5 nitrogen and oxygen atoms in total. The summed E-state index contributed by atoms with van der Waals surface area (Å²) in [4.78, 5) is 25.2. The molecule has 0 radical (unpaired) electrons. The number of amidine groups is 1. The molecule has 5 saturated carbocycles. The second kappa shape index (κ2) is 11.0. The highest BCUT2D eigenvalue weighted by Gasteiger charge is 2.66. The van der Waals surface area contributed by atoms with Gasteiger partial charge in [0, 0.05) is 21.8 Å². The number of nitrogens with one attached hydrogen (secondary N) is 1. The molecule has 6 rings (SSSR count). The van der Waals surface area contributed by atoms with Gasteiger partial charge in [0.2, 0.25) is 0 Å². The van der Waals surface area contributed by atoms with Gasteiger partial charge in [-0.2, -0.15) is 0 Å². The zero-order valence-corrected chi connectivity index (χ0v) is 28.7. The van der Waals surface area contributed by atoms with Crippen LogP contribution in [0.25, 0.3) is 0 Å². The molecule has 5 aliphatic rings. The summed E-state index contributed by atoms with van der Waals surface area (Å²) in [6.45, 7) is 13.6. The zero-order chi connectivity index (χ0) is 31.7. The summed E-state index contributed by atoms with van der Waals surface area (Å²) >= 11 is 1.52. The van der Waals surface area contributed by atoms with Crippen molar-refractivity contribution in [3.8, 4) is 11.8 Å². The van der Waals surface area contributed by atoms with Crippen LogP contribution >= 0.6 is 11.3 Å². The van der Waals surface area contributed by atoms with Crippen molar-refractivity contribution in [3.05, 3.63) is 21.9 Å². The number of ether oxygens (including phenoxy) is 1. The predicted molar refractivity (Wildman–Crippen MR) is 177 cm³/mol. The van der Waals surface area contributed by atoms with Crippen LogP contribution < -0.4 is 5.73 Å². The zero-order valence-electron chi connectivity index (χ0n) is 27.9. The van der Waals surface area contributed by atoms with E-state index >= 15 is 0 Å². The van der Waals surface area contributed by atoms with Crippen molar-refractivity contribution in [3.63, 3.8) is 0 Å². The van der Waals surface area contributed by atoms with E-state index in [1.54, 1.807) is 0 Å². The molecular formula is C38H54N2O3S. The molecule has 0 bridgehead atoms. The second-order valence-corrected chi connectivity index (χ2v) is 18.1. The van der Waals surface area contributed by atoms with Gasteiger partial charge in [0.25, 0.3) is 0 Å². The van der Waals surface area contributed by atoms with Crippen LogP contribution in [0.15, 0.2) is 11.4 Å². The van der Waals surface area contributed by atoms with Gasteiger partial charge in [-0.05, 0) is 116 Å². The van der Waals surface area contributed by atoms with Gasteiger partial charge in [-0.25, -0.2) is 0 Å². The molecule has 0 spiro atoms. The Morgan fingerprint density at radius 1 is 1.02 bits per heavy atom. The third kappa shape index (κ3) is 4.99. The topological polar surface area (TPSA) is 93.2 Å². The fourth-order valence-corrected chi connectivity index (χ4v) is 12.8. The first kappa shape index (κ1) is 31.8. The molecular weight excluding hydrogens is 564 g/mol. The molecule has 5 aliphatic carbocycles. The third-order valence-electron chi connectivity index (χ3n) is 14.0. The molecule has 44 heavy (non-hydrogen) atoms. The molecule has 3 N–H and O–H groups in total. The minimum atomic E-state index is -0.681. The first-order valence-electron chi connectivity index (χ1n) is 17.3. The summed E-state index contributed by atoms with van der Waals surface area (Å²) in [5, 5.41) is 9.97. The predicted octanol–water partition coefficient (Wildman–Crippen LogP) is 8.38. The number of hydrogen-bond donors (Lipinski definition) is 2. The van der Waals surface area contributed by atoms with Crippen LogP contribution in [0.2, 0.25) is 0 Å². The molecule has 1 aromatic heterocycles. The van der Waals surface area contributed by atoms with Crippen molar-refractivity contribution < 1.29 is 14.3 Å². The quantitative estimate of drug-likeness (QED) is 0.114. The summed E-state index contributed by atoms with van der Waals surface area (Å²) in [5.74, 6) is 10.7. The number of thiophene rings is 1. The molecule has 9 unspecified atom stereocenters. The van der Waals surface area contributed by atoms with E-state index in [4.69, 9.17) is 15.9 Å². The maximum atomic E-state index is 12.9. The number of rotatable bonds is 5. The lowest BCUT2D eigenvalue weighted by atomic mass is 9.36. The third-order valence-corrected chi connectivity index (χ3v) is 14.9. The second-order valence-electron chi connectivity index (χ2n) is 17.1. The van der Waals surface area contributed by atoms with E-state index in [0.717, 1.165) is 41.4 Å². The number of nitrogens with two attached hydrogens (primary N) is 1. The van der Waals surface area contributed by atoms with Gasteiger partial charge in [0.15, 0.2) is 0 Å². The lowest BCUT2D eigenvalue weighted by Crippen LogP contribution is -2.63. The maximum absolute atomic E-state index is 12.9. The number of carbonyl (C=O) groups excluding carboxylic acids is 2. The Morgan fingerprint density at radius 3 is 2.50 bits per heavy atom. The molecule has 5 fully saturated rings. The normalized spacial score (nSPS) is 40.7. The molecule has 9 atom stereocenters. The average Bonchev–Trinajstić information content (AvgIpc) is 3.61. The highest BCUT2D eigenvalue weighted by atomic mass is 32.1. The molecule has 240 valence electrons. The minimum Gasteiger partial charge on any atom is -0.462 e. The molecule has 0 aliphatic heterocycles. The summed E-state index contributed by atoms with van der Waals surface area (Å²) in [5.41, 5.74) is 6.73. The van der Waals surface area contributed by atoms with Crippen LogP contribution in [0.4, 0.5) is 0 Å². The SMILES string of the molecule is CC(C)(C=O)CC(=O)OC1CCC2(C)C(CCC3(C)C4CCC5(C#Cc6ccsc6C(=N)N)CCCC5C4CCC32)C1(C)C. The smallest absolute Gasteiger partial charge is 0.307 e. The first-order chi connectivity index (χ1) is 20.7. The Balaban J connectivity index is 1.21. The standard InChI is InChI=1S/C38H54N2O3S/c1-34(2,23-41)22-31(42)43-30-14-18-37(6)28(35(30,3)4)13-17-36(5)26-12-20-38(19-11-24-15-21-44-32(24)33(39)40)16-7-8-27(38)25(26)9-10-29(36)37/h15,21,23,25-30H,7-10,12-14,16-18,20,22H2,1-6H3,(H3,39,40). The van der Waals surface area contributed by atoms with Gasteiger partial charge in [-0.1, -0.05) is 59.8 Å². The Bertz CT molecular complexity index is 1380. The number of aldehydes is 1. The Morgan fingerprint density at radius 2 is 1.77 bits per heavy atom. The van der Waals surface area contributed by atoms with Crippen LogP contribution in [0.1, 0.15) is 129 Å². The maximum Gasteiger partial charge on any atom is 0.307 e. The largest absolute Gasteiger partial charge is 0.462 e. The molecule has 0 amide bonds. The molecule has 1 heterocycles. The van der Waals surface area contributed by atoms with E-state index in [-0.39, 0.29) is 40.6 Å². The molecule has 0 saturated heterocycles. The van der Waals surface area contributed by atoms with E-state index in [1.807, 2.05) is 25.3 Å². The number of nitrogen functional groups attached to an aromatic ring is 1. The fraction of sp³-hybridized carbons (Fsp3) is 0.763. The Labute approximate surface area is 269 Å². The lowest BCUT2D eigenvalue weighted by molar-refractivity contribution is -0.220. The number of fused-ring (bicyclic) bond motifs is 7. The number of carbonyl (C=O) groups is 2.